The number of ketones is 1. The van der Waals surface area contributed by atoms with Gasteiger partial charge in [-0.3, -0.25) is 4.79 Å². The Bertz CT molecular complexity index is 797. The van der Waals surface area contributed by atoms with Crippen LogP contribution in [-0.2, 0) is 22.4 Å². The molecule has 2 aromatic rings. The van der Waals surface area contributed by atoms with E-state index in [0.29, 0.717) is 17.0 Å². The maximum Gasteiger partial charge on any atom is 0.416 e. The average Bonchev–Trinajstić information content (AvgIpc) is 2.61. The van der Waals surface area contributed by atoms with Crippen molar-refractivity contribution in [3.63, 3.8) is 0 Å². The first-order valence-electron chi connectivity index (χ1n) is 8.27. The second-order valence-electron chi connectivity index (χ2n) is 6.04. The molecule has 0 saturated heterocycles. The molecule has 0 aliphatic rings. The summed E-state index contributed by atoms with van der Waals surface area (Å²) >= 11 is 0. The Kier molecular flexibility index (Phi) is 6.60. The number of nitrogens with zero attached hydrogens (tertiary/aromatic N) is 1. The maximum absolute atomic E-state index is 12.5. The SMILES string of the molecule is CC(=O)C(C)Oc1ccc(/C(C)=N/OCc2ccc(C(F)(F)F)cc2)cc1. The first kappa shape index (κ1) is 20.5. The Labute approximate surface area is 155 Å². The molecule has 27 heavy (non-hydrogen) atoms. The maximum atomic E-state index is 12.5. The highest BCUT2D eigenvalue weighted by atomic mass is 19.4. The van der Waals surface area contributed by atoms with E-state index in [9.17, 15) is 18.0 Å². The number of carbonyl (C=O) groups is 1. The number of hydrogen-bond acceptors (Lipinski definition) is 4. The fourth-order valence-corrected chi connectivity index (χ4v) is 2.11. The molecule has 144 valence electrons. The van der Waals surface area contributed by atoms with Crippen molar-refractivity contribution >= 4 is 11.5 Å². The van der Waals surface area contributed by atoms with Gasteiger partial charge in [0, 0.05) is 0 Å². The van der Waals surface area contributed by atoms with Gasteiger partial charge in [0.05, 0.1) is 11.3 Å². The molecule has 0 aliphatic heterocycles. The Hall–Kier alpha value is -2.83. The van der Waals surface area contributed by atoms with Gasteiger partial charge in [0.25, 0.3) is 0 Å². The largest absolute Gasteiger partial charge is 0.483 e. The van der Waals surface area contributed by atoms with Crippen LogP contribution in [0, 0.1) is 0 Å². The normalized spacial score (nSPS) is 13.2. The monoisotopic (exact) mass is 379 g/mol. The first-order valence-corrected chi connectivity index (χ1v) is 8.27. The molecule has 0 radical (unpaired) electrons. The highest BCUT2D eigenvalue weighted by Gasteiger charge is 2.29. The first-order chi connectivity index (χ1) is 12.7. The van der Waals surface area contributed by atoms with Gasteiger partial charge < -0.3 is 9.57 Å². The highest BCUT2D eigenvalue weighted by molar-refractivity contribution is 5.98. The smallest absolute Gasteiger partial charge is 0.416 e. The second-order valence-corrected chi connectivity index (χ2v) is 6.04. The van der Waals surface area contributed by atoms with Crippen LogP contribution in [0.3, 0.4) is 0 Å². The van der Waals surface area contributed by atoms with E-state index < -0.39 is 17.8 Å². The van der Waals surface area contributed by atoms with Crippen LogP contribution < -0.4 is 4.74 Å². The van der Waals surface area contributed by atoms with Crippen LogP contribution in [-0.4, -0.2) is 17.6 Å². The molecule has 0 amide bonds. The lowest BCUT2D eigenvalue weighted by Crippen LogP contribution is -2.20. The topological polar surface area (TPSA) is 47.9 Å². The molecule has 0 fully saturated rings. The summed E-state index contributed by atoms with van der Waals surface area (Å²) in [6.45, 7) is 4.95. The Morgan fingerprint density at radius 3 is 2.15 bits per heavy atom. The zero-order chi connectivity index (χ0) is 20.0. The van der Waals surface area contributed by atoms with Crippen molar-refractivity contribution in [1.29, 1.82) is 0 Å². The number of hydrogen-bond donors (Lipinski definition) is 0. The van der Waals surface area contributed by atoms with Crippen LogP contribution in [0.1, 0.15) is 37.5 Å². The zero-order valence-corrected chi connectivity index (χ0v) is 15.2. The fraction of sp³-hybridized carbons (Fsp3) is 0.300. The van der Waals surface area contributed by atoms with E-state index in [2.05, 4.69) is 5.16 Å². The molecule has 0 aliphatic carbocycles. The molecule has 2 aromatic carbocycles. The predicted octanol–water partition coefficient (Wildman–Crippen LogP) is 5.00. The van der Waals surface area contributed by atoms with Gasteiger partial charge in [0.1, 0.15) is 12.4 Å². The van der Waals surface area contributed by atoms with Crippen molar-refractivity contribution in [3.05, 3.63) is 65.2 Å². The van der Waals surface area contributed by atoms with E-state index in [1.165, 1.54) is 19.1 Å². The summed E-state index contributed by atoms with van der Waals surface area (Å²) in [5.41, 5.74) is 1.28. The van der Waals surface area contributed by atoms with Crippen molar-refractivity contribution in [3.8, 4) is 5.75 Å². The van der Waals surface area contributed by atoms with Crippen LogP contribution in [0.25, 0.3) is 0 Å². The average molecular weight is 379 g/mol. The molecule has 4 nitrogen and oxygen atoms in total. The van der Waals surface area contributed by atoms with E-state index in [1.807, 2.05) is 0 Å². The second kappa shape index (κ2) is 8.70. The Morgan fingerprint density at radius 1 is 1.04 bits per heavy atom. The van der Waals surface area contributed by atoms with Crippen LogP contribution in [0.4, 0.5) is 13.2 Å². The lowest BCUT2D eigenvalue weighted by Gasteiger charge is -2.11. The number of oxime groups is 1. The van der Waals surface area contributed by atoms with Gasteiger partial charge in [-0.1, -0.05) is 17.3 Å². The summed E-state index contributed by atoms with van der Waals surface area (Å²) < 4.78 is 43.1. The third-order valence-corrected chi connectivity index (χ3v) is 3.87. The minimum atomic E-state index is -4.35. The molecular weight excluding hydrogens is 359 g/mol. The van der Waals surface area contributed by atoms with Crippen molar-refractivity contribution in [2.45, 2.75) is 39.7 Å². The molecule has 0 bridgehead atoms. The van der Waals surface area contributed by atoms with Crippen molar-refractivity contribution in [2.24, 2.45) is 5.16 Å². The van der Waals surface area contributed by atoms with Crippen LogP contribution in [0.15, 0.2) is 53.7 Å². The Balaban J connectivity index is 1.92. The molecule has 0 N–H and O–H groups in total. The molecular formula is C20H20F3NO3. The van der Waals surface area contributed by atoms with E-state index >= 15 is 0 Å². The lowest BCUT2D eigenvalue weighted by molar-refractivity contribution is -0.137. The third-order valence-electron chi connectivity index (χ3n) is 3.87. The zero-order valence-electron chi connectivity index (χ0n) is 15.2. The summed E-state index contributed by atoms with van der Waals surface area (Å²) in [5, 5.41) is 3.98. The van der Waals surface area contributed by atoms with E-state index in [-0.39, 0.29) is 12.4 Å². The Morgan fingerprint density at radius 2 is 1.63 bits per heavy atom. The fourth-order valence-electron chi connectivity index (χ4n) is 2.11. The molecule has 0 spiro atoms. The quantitative estimate of drug-likeness (QED) is 0.502. The summed E-state index contributed by atoms with van der Waals surface area (Å²) in [5.74, 6) is 0.508. The predicted molar refractivity (Wildman–Crippen MR) is 95.7 cm³/mol. The van der Waals surface area contributed by atoms with Gasteiger partial charge in [0.2, 0.25) is 0 Å². The van der Waals surface area contributed by atoms with Gasteiger partial charge in [-0.2, -0.15) is 13.2 Å². The molecule has 1 atom stereocenters. The minimum absolute atomic E-state index is 0.0616. The molecule has 0 aromatic heterocycles. The third kappa shape index (κ3) is 6.13. The summed E-state index contributed by atoms with van der Waals surface area (Å²) in [4.78, 5) is 16.4. The number of Topliss-reactive ketones (excluding diaryl/α,β-unsaturated/α-hetero) is 1. The van der Waals surface area contributed by atoms with Gasteiger partial charge in [-0.15, -0.1) is 0 Å². The number of benzene rings is 2. The van der Waals surface area contributed by atoms with Gasteiger partial charge >= 0.3 is 6.18 Å². The number of ether oxygens (including phenoxy) is 1. The van der Waals surface area contributed by atoms with Crippen molar-refractivity contribution in [1.82, 2.24) is 0 Å². The van der Waals surface area contributed by atoms with Gasteiger partial charge in [0.15, 0.2) is 11.9 Å². The standard InChI is InChI=1S/C20H20F3NO3/c1-13(17-6-10-19(11-7-17)27-15(3)14(2)25)24-26-12-16-4-8-18(9-5-16)20(21,22)23/h4-11,15H,12H2,1-3H3/b24-13+. The van der Waals surface area contributed by atoms with Gasteiger partial charge in [-0.05, 0) is 68.3 Å². The number of carbonyl (C=O) groups excluding carboxylic acids is 1. The summed E-state index contributed by atoms with van der Waals surface area (Å²) in [6.07, 6.45) is -4.87. The number of alkyl halides is 3. The molecule has 0 saturated carbocycles. The molecule has 7 heteroatoms. The van der Waals surface area contributed by atoms with Crippen LogP contribution in [0.5, 0.6) is 5.75 Å². The number of rotatable bonds is 7. The van der Waals surface area contributed by atoms with E-state index in [1.54, 1.807) is 38.1 Å². The van der Waals surface area contributed by atoms with Crippen molar-refractivity contribution in [2.75, 3.05) is 0 Å². The molecule has 2 rings (SSSR count). The van der Waals surface area contributed by atoms with Crippen LogP contribution in [0.2, 0.25) is 0 Å². The van der Waals surface area contributed by atoms with E-state index in [0.717, 1.165) is 17.7 Å². The minimum Gasteiger partial charge on any atom is -0.483 e. The molecule has 0 heterocycles. The molecule has 1 unspecified atom stereocenters. The highest BCUT2D eigenvalue weighted by Crippen LogP contribution is 2.29. The van der Waals surface area contributed by atoms with Crippen LogP contribution >= 0.6 is 0 Å². The summed E-state index contributed by atoms with van der Waals surface area (Å²) in [6, 6.07) is 11.7. The summed E-state index contributed by atoms with van der Waals surface area (Å²) in [7, 11) is 0. The van der Waals surface area contributed by atoms with E-state index in [4.69, 9.17) is 9.57 Å². The van der Waals surface area contributed by atoms with Crippen molar-refractivity contribution < 1.29 is 27.5 Å². The van der Waals surface area contributed by atoms with Gasteiger partial charge in [-0.25, -0.2) is 0 Å². The lowest BCUT2D eigenvalue weighted by atomic mass is 10.1. The number of halogens is 3.